The lowest BCUT2D eigenvalue weighted by Crippen LogP contribution is -2.12. The van der Waals surface area contributed by atoms with E-state index in [1.807, 2.05) is 0 Å². The number of carbonyl (C=O) groups excluding carboxylic acids is 1. The van der Waals surface area contributed by atoms with Crippen molar-refractivity contribution in [2.45, 2.75) is 0 Å². The van der Waals surface area contributed by atoms with Gasteiger partial charge in [-0.25, -0.2) is 0 Å². The van der Waals surface area contributed by atoms with Crippen LogP contribution in [0.2, 0.25) is 13.7 Å². The zero-order valence-corrected chi connectivity index (χ0v) is 14.1. The van der Waals surface area contributed by atoms with Crippen LogP contribution in [-0.2, 0) is 0 Å². The molecule has 0 saturated heterocycles. The van der Waals surface area contributed by atoms with Gasteiger partial charge in [0.15, 0.2) is 0 Å². The summed E-state index contributed by atoms with van der Waals surface area (Å²) in [6.07, 6.45) is 0. The fourth-order valence-electron chi connectivity index (χ4n) is 1.64. The van der Waals surface area contributed by atoms with Gasteiger partial charge in [-0.1, -0.05) is 34.8 Å². The first-order chi connectivity index (χ1) is 9.96. The van der Waals surface area contributed by atoms with Crippen LogP contribution in [0.15, 0.2) is 18.2 Å². The molecular weight excluding hydrogens is 357 g/mol. The zero-order chi connectivity index (χ0) is 15.6. The van der Waals surface area contributed by atoms with Crippen LogP contribution >= 0.6 is 46.1 Å². The third-order valence-electron chi connectivity index (χ3n) is 2.62. The molecule has 0 aliphatic heterocycles. The van der Waals surface area contributed by atoms with E-state index in [-0.39, 0.29) is 0 Å². The van der Waals surface area contributed by atoms with Crippen molar-refractivity contribution in [3.8, 4) is 11.5 Å². The summed E-state index contributed by atoms with van der Waals surface area (Å²) >= 11 is 18.9. The molecule has 21 heavy (non-hydrogen) atoms. The predicted octanol–water partition coefficient (Wildman–Crippen LogP) is 4.98. The van der Waals surface area contributed by atoms with Crippen molar-refractivity contribution in [1.82, 2.24) is 0 Å². The average Bonchev–Trinajstić information content (AvgIpc) is 2.79. The average molecular weight is 367 g/mol. The van der Waals surface area contributed by atoms with Gasteiger partial charge >= 0.3 is 0 Å². The van der Waals surface area contributed by atoms with Crippen molar-refractivity contribution >= 4 is 57.7 Å². The summed E-state index contributed by atoms with van der Waals surface area (Å²) in [5, 5.41) is 3.07. The zero-order valence-electron chi connectivity index (χ0n) is 11.0. The lowest BCUT2D eigenvalue weighted by Gasteiger charge is -2.12. The van der Waals surface area contributed by atoms with Crippen LogP contribution in [0.25, 0.3) is 0 Å². The Balaban J connectivity index is 2.34. The smallest absolute Gasteiger partial charge is 0.258 e. The second-order valence-electron chi connectivity index (χ2n) is 3.88. The summed E-state index contributed by atoms with van der Waals surface area (Å²) in [6, 6.07) is 4.63. The number of ether oxygens (including phenoxy) is 2. The highest BCUT2D eigenvalue weighted by Gasteiger charge is 2.17. The summed E-state index contributed by atoms with van der Waals surface area (Å²) in [5.74, 6) is 0.430. The minimum absolute atomic E-state index is 0.294. The summed E-state index contributed by atoms with van der Waals surface area (Å²) in [7, 11) is 2.96. The first-order valence-electron chi connectivity index (χ1n) is 5.64. The summed E-state index contributed by atoms with van der Waals surface area (Å²) in [6.45, 7) is 0. The van der Waals surface area contributed by atoms with E-state index in [1.54, 1.807) is 12.1 Å². The molecule has 0 fully saturated rings. The number of amides is 1. The Hall–Kier alpha value is -1.14. The highest BCUT2D eigenvalue weighted by atomic mass is 35.5. The lowest BCUT2D eigenvalue weighted by atomic mass is 10.2. The summed E-state index contributed by atoms with van der Waals surface area (Å²) in [4.78, 5) is 12.2. The van der Waals surface area contributed by atoms with Gasteiger partial charge in [-0.3, -0.25) is 4.79 Å². The van der Waals surface area contributed by atoms with E-state index in [0.29, 0.717) is 36.4 Å². The third kappa shape index (κ3) is 3.55. The van der Waals surface area contributed by atoms with Gasteiger partial charge in [-0.15, -0.1) is 11.3 Å². The first-order valence-corrected chi connectivity index (χ1v) is 7.59. The van der Waals surface area contributed by atoms with Crippen LogP contribution in [0.4, 0.5) is 5.69 Å². The van der Waals surface area contributed by atoms with Gasteiger partial charge < -0.3 is 14.8 Å². The molecule has 0 radical (unpaired) electrons. The normalized spacial score (nSPS) is 10.3. The van der Waals surface area contributed by atoms with Crippen molar-refractivity contribution < 1.29 is 14.3 Å². The molecule has 8 heteroatoms. The Morgan fingerprint density at radius 2 is 1.76 bits per heavy atom. The van der Waals surface area contributed by atoms with Crippen molar-refractivity contribution in [3.63, 3.8) is 0 Å². The van der Waals surface area contributed by atoms with Crippen molar-refractivity contribution in [2.24, 2.45) is 0 Å². The standard InChI is InChI=1S/C13H10Cl3NO3S/c1-19-9-5-8(10(20-2)4-7(9)14)17-13(18)6-3-11(15)21-12(6)16/h3-5H,1-2H3,(H,17,18). The van der Waals surface area contributed by atoms with Gasteiger partial charge in [0.1, 0.15) is 15.8 Å². The Morgan fingerprint density at radius 1 is 1.10 bits per heavy atom. The molecule has 0 atom stereocenters. The third-order valence-corrected chi connectivity index (χ3v) is 4.41. The van der Waals surface area contributed by atoms with Crippen molar-refractivity contribution in [1.29, 1.82) is 0 Å². The summed E-state index contributed by atoms with van der Waals surface area (Å²) in [5.41, 5.74) is 0.713. The van der Waals surface area contributed by atoms with Crippen molar-refractivity contribution in [2.75, 3.05) is 19.5 Å². The fraction of sp³-hybridized carbons (Fsp3) is 0.154. The van der Waals surface area contributed by atoms with Gasteiger partial charge in [0.25, 0.3) is 5.91 Å². The minimum Gasteiger partial charge on any atom is -0.495 e. The number of carbonyl (C=O) groups is 1. The molecule has 0 aliphatic carbocycles. The van der Waals surface area contributed by atoms with Crippen LogP contribution < -0.4 is 14.8 Å². The Bertz CT molecular complexity index is 688. The molecule has 0 bridgehead atoms. The van der Waals surface area contributed by atoms with E-state index in [0.717, 1.165) is 11.3 Å². The maximum Gasteiger partial charge on any atom is 0.258 e. The molecule has 0 saturated carbocycles. The van der Waals surface area contributed by atoms with Crippen LogP contribution in [-0.4, -0.2) is 20.1 Å². The van der Waals surface area contributed by atoms with E-state index in [1.165, 1.54) is 20.3 Å². The maximum absolute atomic E-state index is 12.2. The van der Waals surface area contributed by atoms with Crippen LogP contribution in [0.1, 0.15) is 10.4 Å². The number of rotatable bonds is 4. The number of nitrogens with one attached hydrogen (secondary N) is 1. The van der Waals surface area contributed by atoms with Crippen LogP contribution in [0.3, 0.4) is 0 Å². The number of halogens is 3. The van der Waals surface area contributed by atoms with Gasteiger partial charge in [-0.05, 0) is 6.07 Å². The largest absolute Gasteiger partial charge is 0.495 e. The van der Waals surface area contributed by atoms with Gasteiger partial charge in [0, 0.05) is 12.1 Å². The number of hydrogen-bond acceptors (Lipinski definition) is 4. The van der Waals surface area contributed by atoms with Gasteiger partial charge in [0.2, 0.25) is 0 Å². The predicted molar refractivity (Wildman–Crippen MR) is 86.8 cm³/mol. The number of hydrogen-bond donors (Lipinski definition) is 1. The van der Waals surface area contributed by atoms with Crippen LogP contribution in [0, 0.1) is 0 Å². The number of methoxy groups -OCH3 is 2. The van der Waals surface area contributed by atoms with Crippen molar-refractivity contribution in [3.05, 3.63) is 37.5 Å². The second-order valence-corrected chi connectivity index (χ2v) is 6.57. The first kappa shape index (κ1) is 16.2. The topological polar surface area (TPSA) is 47.6 Å². The molecule has 4 nitrogen and oxygen atoms in total. The highest BCUT2D eigenvalue weighted by Crippen LogP contribution is 2.37. The molecule has 0 spiro atoms. The molecule has 1 amide bonds. The molecule has 0 unspecified atom stereocenters. The molecular formula is C13H10Cl3NO3S. The number of benzene rings is 1. The second kappa shape index (κ2) is 6.75. The monoisotopic (exact) mass is 365 g/mol. The Morgan fingerprint density at radius 3 is 2.29 bits per heavy atom. The molecule has 112 valence electrons. The van der Waals surface area contributed by atoms with Gasteiger partial charge in [-0.2, -0.15) is 0 Å². The van der Waals surface area contributed by atoms with E-state index >= 15 is 0 Å². The SMILES string of the molecule is COc1cc(NC(=O)c2cc(Cl)sc2Cl)c(OC)cc1Cl. The van der Waals surface area contributed by atoms with Gasteiger partial charge in [0.05, 0.1) is 34.8 Å². The Kier molecular flexibility index (Phi) is 5.22. The molecule has 1 heterocycles. The molecule has 2 rings (SSSR count). The van der Waals surface area contributed by atoms with Crippen LogP contribution in [0.5, 0.6) is 11.5 Å². The lowest BCUT2D eigenvalue weighted by molar-refractivity contribution is 0.102. The minimum atomic E-state index is -0.397. The molecule has 1 aromatic carbocycles. The quantitative estimate of drug-likeness (QED) is 0.830. The number of anilines is 1. The fourth-order valence-corrected chi connectivity index (χ4v) is 3.33. The van der Waals surface area contributed by atoms with E-state index in [4.69, 9.17) is 44.3 Å². The molecule has 0 aliphatic rings. The maximum atomic E-state index is 12.2. The van der Waals surface area contributed by atoms with E-state index < -0.39 is 5.91 Å². The summed E-state index contributed by atoms with van der Waals surface area (Å²) < 4.78 is 11.1. The molecule has 1 N–H and O–H groups in total. The van der Waals surface area contributed by atoms with E-state index in [9.17, 15) is 4.79 Å². The molecule has 2 aromatic rings. The Labute approximate surface area is 140 Å². The molecule has 1 aromatic heterocycles. The van der Waals surface area contributed by atoms with E-state index in [2.05, 4.69) is 5.32 Å². The number of thiophene rings is 1. The highest BCUT2D eigenvalue weighted by molar-refractivity contribution is 7.20.